The number of amides is 1. The summed E-state index contributed by atoms with van der Waals surface area (Å²) in [6.45, 7) is 0. The molecule has 0 bridgehead atoms. The number of benzene rings is 4. The Hall–Kier alpha value is -3.29. The number of nitriles is 1. The van der Waals surface area contributed by atoms with Crippen LogP contribution >= 0.6 is 0 Å². The minimum atomic E-state index is -0.675. The Balaban J connectivity index is 0.000000234. The average molecular weight is 797 g/mol. The summed E-state index contributed by atoms with van der Waals surface area (Å²) >= 11 is 0. The van der Waals surface area contributed by atoms with E-state index in [1.165, 1.54) is 74.5 Å². The molecular formula is C49H61KN2O5. The first-order valence-corrected chi connectivity index (χ1v) is 20.5. The standard InChI is InChI=1S/C21H25NO2.C14H17N.C14H18O2.K.H2O/c1-24-19-13-7-6-12-18(19)22-20(23)16-21(14-8-3-9-15-21)17-10-4-2-5-11-17;15-12-11-14(9-5-2-6-10-14)13-7-3-1-4-8-13;15-13(16)11-14(9-5-2-6-10-14)12-7-3-1-4-8-12;;/h2,4-7,10-13H,3,8-9,14-16H2,1H3,(H,22,23);1,3-4,7-8H,2,5-6,9-11H2;1,3-4,7-8H,2,5-6,9-11H2,(H,15,16);;1H2/q;;;+1;/p-1. The topological polar surface area (TPSA) is 129 Å². The maximum atomic E-state index is 12.8. The molecular weight excluding hydrogens is 736 g/mol. The molecule has 0 radical (unpaired) electrons. The number of hydrogen-bond acceptors (Lipinski definition) is 5. The van der Waals surface area contributed by atoms with E-state index in [1.807, 2.05) is 54.6 Å². The van der Waals surface area contributed by atoms with Crippen molar-refractivity contribution in [1.29, 1.82) is 5.26 Å². The average Bonchev–Trinajstić information content (AvgIpc) is 3.23. The number of rotatable bonds is 10. The van der Waals surface area contributed by atoms with Gasteiger partial charge in [0.2, 0.25) is 5.91 Å². The van der Waals surface area contributed by atoms with Crippen LogP contribution in [0.1, 0.15) is 132 Å². The van der Waals surface area contributed by atoms with E-state index in [-0.39, 0.29) is 85.4 Å². The van der Waals surface area contributed by atoms with Gasteiger partial charge in [0.25, 0.3) is 0 Å². The molecule has 3 saturated carbocycles. The number of carbonyl (C=O) groups is 2. The van der Waals surface area contributed by atoms with Gasteiger partial charge >= 0.3 is 57.4 Å². The maximum Gasteiger partial charge on any atom is 1.00 e. The van der Waals surface area contributed by atoms with E-state index in [9.17, 15) is 9.59 Å². The Labute approximate surface area is 383 Å². The number of ether oxygens (including phenoxy) is 1. The minimum Gasteiger partial charge on any atom is -0.870 e. The molecule has 3 N–H and O–H groups in total. The molecule has 0 heterocycles. The second-order valence-corrected chi connectivity index (χ2v) is 16.0. The van der Waals surface area contributed by atoms with Crippen LogP contribution in [0.3, 0.4) is 0 Å². The van der Waals surface area contributed by atoms with Crippen molar-refractivity contribution in [2.45, 2.75) is 132 Å². The normalized spacial score (nSPS) is 17.4. The van der Waals surface area contributed by atoms with Crippen LogP contribution in [0.15, 0.2) is 115 Å². The van der Waals surface area contributed by atoms with Crippen molar-refractivity contribution in [3.05, 3.63) is 132 Å². The summed E-state index contributed by atoms with van der Waals surface area (Å²) in [7, 11) is 1.62. The number of nitrogens with one attached hydrogen (secondary N) is 1. The quantitative estimate of drug-likeness (QED) is 0.154. The Bertz CT molecular complexity index is 1790. The van der Waals surface area contributed by atoms with Gasteiger partial charge in [-0.2, -0.15) is 5.26 Å². The summed E-state index contributed by atoms with van der Waals surface area (Å²) in [5, 5.41) is 21.1. The van der Waals surface area contributed by atoms with E-state index in [0.29, 0.717) is 18.6 Å². The second-order valence-electron chi connectivity index (χ2n) is 16.0. The molecule has 4 aromatic rings. The smallest absolute Gasteiger partial charge is 0.870 e. The van der Waals surface area contributed by atoms with Gasteiger partial charge < -0.3 is 20.6 Å². The summed E-state index contributed by atoms with van der Waals surface area (Å²) in [5.41, 5.74) is 4.62. The molecule has 0 aliphatic heterocycles. The zero-order valence-corrected chi connectivity index (χ0v) is 37.4. The van der Waals surface area contributed by atoms with Crippen molar-refractivity contribution in [3.63, 3.8) is 0 Å². The number of carboxylic acids is 1. The number of methoxy groups -OCH3 is 1. The summed E-state index contributed by atoms with van der Waals surface area (Å²) < 4.78 is 5.33. The zero-order valence-electron chi connectivity index (χ0n) is 34.3. The van der Waals surface area contributed by atoms with Gasteiger partial charge in [-0.25, -0.2) is 0 Å². The van der Waals surface area contributed by atoms with Gasteiger partial charge in [0.05, 0.1) is 25.3 Å². The maximum absolute atomic E-state index is 12.8. The minimum absolute atomic E-state index is 0. The van der Waals surface area contributed by atoms with Crippen molar-refractivity contribution in [3.8, 4) is 11.8 Å². The first-order chi connectivity index (χ1) is 26.8. The fourth-order valence-electron chi connectivity index (χ4n) is 9.45. The van der Waals surface area contributed by atoms with E-state index < -0.39 is 5.97 Å². The van der Waals surface area contributed by atoms with Gasteiger partial charge in [-0.3, -0.25) is 9.59 Å². The van der Waals surface area contributed by atoms with Crippen LogP contribution < -0.4 is 61.4 Å². The van der Waals surface area contributed by atoms with Gasteiger partial charge in [0.15, 0.2) is 0 Å². The van der Waals surface area contributed by atoms with Gasteiger partial charge in [0, 0.05) is 29.1 Å². The summed E-state index contributed by atoms with van der Waals surface area (Å²) in [6.07, 6.45) is 19.1. The molecule has 0 unspecified atom stereocenters. The van der Waals surface area contributed by atoms with E-state index in [4.69, 9.17) is 15.1 Å². The van der Waals surface area contributed by atoms with Crippen LogP contribution in [-0.4, -0.2) is 29.6 Å². The Morgan fingerprint density at radius 1 is 0.596 bits per heavy atom. The molecule has 7 rings (SSSR count). The third-order valence-electron chi connectivity index (χ3n) is 12.4. The Morgan fingerprint density at radius 2 is 0.965 bits per heavy atom. The molecule has 3 aliphatic carbocycles. The van der Waals surface area contributed by atoms with Crippen molar-refractivity contribution >= 4 is 17.6 Å². The van der Waals surface area contributed by atoms with Crippen molar-refractivity contribution in [2.24, 2.45) is 0 Å². The molecule has 0 saturated heterocycles. The monoisotopic (exact) mass is 796 g/mol. The fourth-order valence-corrected chi connectivity index (χ4v) is 9.45. The van der Waals surface area contributed by atoms with E-state index in [2.05, 4.69) is 72.0 Å². The Morgan fingerprint density at radius 3 is 1.37 bits per heavy atom. The summed E-state index contributed by atoms with van der Waals surface area (Å²) in [5.74, 6) is 0.0826. The SMILES string of the molecule is COc1ccccc1NC(=O)CC1(c2ccccc2)CCCCC1.N#CCC1(c2ccccc2)CCCCC1.O=C(O)CC1(c2ccccc2)CCCCC1.[K+].[OH-]. The second kappa shape index (κ2) is 24.6. The molecule has 8 heteroatoms. The molecule has 3 aliphatic rings. The van der Waals surface area contributed by atoms with E-state index >= 15 is 0 Å². The number of carbonyl (C=O) groups excluding carboxylic acids is 1. The molecule has 3 fully saturated rings. The first kappa shape index (κ1) is 48.1. The van der Waals surface area contributed by atoms with Gasteiger partial charge in [-0.15, -0.1) is 0 Å². The number of para-hydroxylation sites is 2. The van der Waals surface area contributed by atoms with E-state index in [1.54, 1.807) is 7.11 Å². The number of nitrogens with zero attached hydrogens (tertiary/aromatic N) is 1. The van der Waals surface area contributed by atoms with Crippen LogP contribution in [0.5, 0.6) is 5.75 Å². The summed E-state index contributed by atoms with van der Waals surface area (Å²) in [6, 6.07) is 41.2. The molecule has 7 nitrogen and oxygen atoms in total. The largest absolute Gasteiger partial charge is 1.00 e. The van der Waals surface area contributed by atoms with Crippen LogP contribution in [0.4, 0.5) is 5.69 Å². The number of aliphatic carboxylic acids is 1. The van der Waals surface area contributed by atoms with Crippen molar-refractivity contribution < 1.29 is 76.3 Å². The van der Waals surface area contributed by atoms with Crippen LogP contribution in [0.25, 0.3) is 0 Å². The van der Waals surface area contributed by atoms with Gasteiger partial charge in [-0.05, 0) is 67.3 Å². The number of hydrogen-bond donors (Lipinski definition) is 2. The molecule has 0 atom stereocenters. The van der Waals surface area contributed by atoms with Gasteiger partial charge in [0.1, 0.15) is 5.75 Å². The van der Waals surface area contributed by atoms with Crippen LogP contribution in [-0.2, 0) is 25.8 Å². The van der Waals surface area contributed by atoms with Crippen LogP contribution in [0, 0.1) is 11.3 Å². The zero-order chi connectivity index (χ0) is 38.8. The van der Waals surface area contributed by atoms with Crippen LogP contribution in [0.2, 0.25) is 0 Å². The van der Waals surface area contributed by atoms with Gasteiger partial charge in [-0.1, -0.05) is 161 Å². The molecule has 298 valence electrons. The third kappa shape index (κ3) is 13.6. The number of anilines is 1. The van der Waals surface area contributed by atoms with E-state index in [0.717, 1.165) is 44.2 Å². The summed E-state index contributed by atoms with van der Waals surface area (Å²) in [4.78, 5) is 23.8. The molecule has 0 spiro atoms. The first-order valence-electron chi connectivity index (χ1n) is 20.5. The van der Waals surface area contributed by atoms with Crippen molar-refractivity contribution in [2.75, 3.05) is 12.4 Å². The molecule has 4 aromatic carbocycles. The number of carboxylic acid groups (broad SMARTS) is 1. The third-order valence-corrected chi connectivity index (χ3v) is 12.4. The predicted molar refractivity (Wildman–Crippen MR) is 224 cm³/mol. The predicted octanol–water partition coefficient (Wildman–Crippen LogP) is 8.92. The molecule has 1 amide bonds. The fraction of sp³-hybridized carbons (Fsp3) is 0.449. The Kier molecular flexibility index (Phi) is 20.7. The molecule has 0 aromatic heterocycles. The molecule has 57 heavy (non-hydrogen) atoms. The van der Waals surface area contributed by atoms with Crippen molar-refractivity contribution in [1.82, 2.24) is 0 Å².